The lowest BCUT2D eigenvalue weighted by Gasteiger charge is -2.30. The second-order valence-electron chi connectivity index (χ2n) is 3.29. The van der Waals surface area contributed by atoms with Gasteiger partial charge in [0.1, 0.15) is 0 Å². The SMILES string of the molecule is CCOC(C)(OCC)c1ccccc1Cl. The van der Waals surface area contributed by atoms with Gasteiger partial charge in [0.15, 0.2) is 5.79 Å². The maximum absolute atomic E-state index is 6.12. The maximum atomic E-state index is 6.12. The molecular weight excluding hydrogens is 212 g/mol. The molecule has 15 heavy (non-hydrogen) atoms. The Hall–Kier alpha value is -0.570. The molecule has 0 amide bonds. The molecule has 0 saturated carbocycles. The number of ether oxygens (including phenoxy) is 2. The normalized spacial score (nSPS) is 11.7. The van der Waals surface area contributed by atoms with Crippen LogP contribution in [-0.4, -0.2) is 13.2 Å². The Labute approximate surface area is 96.2 Å². The lowest BCUT2D eigenvalue weighted by atomic mass is 10.1. The Kier molecular flexibility index (Phi) is 4.58. The number of rotatable bonds is 5. The van der Waals surface area contributed by atoms with Gasteiger partial charge >= 0.3 is 0 Å². The number of hydrogen-bond donors (Lipinski definition) is 0. The topological polar surface area (TPSA) is 18.5 Å². The molecule has 1 rings (SSSR count). The van der Waals surface area contributed by atoms with Gasteiger partial charge in [-0.15, -0.1) is 0 Å². The monoisotopic (exact) mass is 228 g/mol. The summed E-state index contributed by atoms with van der Waals surface area (Å²) in [7, 11) is 0. The number of halogens is 1. The third-order valence-electron chi connectivity index (χ3n) is 2.20. The molecule has 0 saturated heterocycles. The van der Waals surface area contributed by atoms with Gasteiger partial charge in [0.05, 0.1) is 0 Å². The largest absolute Gasteiger partial charge is 0.346 e. The van der Waals surface area contributed by atoms with Gasteiger partial charge in [-0.25, -0.2) is 0 Å². The highest BCUT2D eigenvalue weighted by atomic mass is 35.5. The lowest BCUT2D eigenvalue weighted by molar-refractivity contribution is -0.229. The highest BCUT2D eigenvalue weighted by molar-refractivity contribution is 6.31. The second-order valence-corrected chi connectivity index (χ2v) is 3.70. The molecule has 0 aliphatic rings. The molecule has 0 heterocycles. The summed E-state index contributed by atoms with van der Waals surface area (Å²) in [6.07, 6.45) is 0. The van der Waals surface area contributed by atoms with E-state index in [9.17, 15) is 0 Å². The third-order valence-corrected chi connectivity index (χ3v) is 2.53. The average molecular weight is 229 g/mol. The maximum Gasteiger partial charge on any atom is 0.193 e. The summed E-state index contributed by atoms with van der Waals surface area (Å²) in [5.41, 5.74) is 0.871. The van der Waals surface area contributed by atoms with Crippen LogP contribution in [0.5, 0.6) is 0 Å². The van der Waals surface area contributed by atoms with Crippen LogP contribution < -0.4 is 0 Å². The molecule has 0 aliphatic heterocycles. The van der Waals surface area contributed by atoms with Crippen molar-refractivity contribution >= 4 is 11.6 Å². The van der Waals surface area contributed by atoms with E-state index < -0.39 is 5.79 Å². The zero-order valence-electron chi connectivity index (χ0n) is 9.42. The van der Waals surface area contributed by atoms with Crippen molar-refractivity contribution in [1.82, 2.24) is 0 Å². The minimum Gasteiger partial charge on any atom is -0.346 e. The van der Waals surface area contributed by atoms with Gasteiger partial charge in [-0.3, -0.25) is 0 Å². The molecule has 0 fully saturated rings. The number of benzene rings is 1. The van der Waals surface area contributed by atoms with Gasteiger partial charge in [-0.1, -0.05) is 29.8 Å². The molecular formula is C12H17ClO2. The van der Waals surface area contributed by atoms with Gasteiger partial charge in [0.25, 0.3) is 0 Å². The molecule has 0 spiro atoms. The van der Waals surface area contributed by atoms with Gasteiger partial charge in [0.2, 0.25) is 0 Å². The fourth-order valence-corrected chi connectivity index (χ4v) is 1.88. The van der Waals surface area contributed by atoms with Crippen molar-refractivity contribution < 1.29 is 9.47 Å². The summed E-state index contributed by atoms with van der Waals surface area (Å²) in [6.45, 7) is 6.94. The van der Waals surface area contributed by atoms with Crippen LogP contribution in [0.2, 0.25) is 5.02 Å². The van der Waals surface area contributed by atoms with E-state index >= 15 is 0 Å². The summed E-state index contributed by atoms with van der Waals surface area (Å²) in [4.78, 5) is 0. The van der Waals surface area contributed by atoms with Crippen molar-refractivity contribution in [3.8, 4) is 0 Å². The van der Waals surface area contributed by atoms with E-state index in [0.29, 0.717) is 18.2 Å². The quantitative estimate of drug-likeness (QED) is 0.718. The molecule has 0 unspecified atom stereocenters. The molecule has 0 aromatic heterocycles. The Balaban J connectivity index is 3.03. The van der Waals surface area contributed by atoms with Crippen molar-refractivity contribution in [1.29, 1.82) is 0 Å². The van der Waals surface area contributed by atoms with Crippen molar-refractivity contribution in [2.45, 2.75) is 26.6 Å². The van der Waals surface area contributed by atoms with Crippen LogP contribution in [0, 0.1) is 0 Å². The van der Waals surface area contributed by atoms with E-state index in [-0.39, 0.29) is 0 Å². The molecule has 3 heteroatoms. The van der Waals surface area contributed by atoms with Gasteiger partial charge in [-0.05, 0) is 26.8 Å². The average Bonchev–Trinajstić information content (AvgIpc) is 2.19. The van der Waals surface area contributed by atoms with E-state index in [1.807, 2.05) is 45.0 Å². The fourth-order valence-electron chi connectivity index (χ4n) is 1.58. The van der Waals surface area contributed by atoms with E-state index in [4.69, 9.17) is 21.1 Å². The minimum absolute atomic E-state index is 0.585. The smallest absolute Gasteiger partial charge is 0.193 e. The molecule has 1 aromatic rings. The van der Waals surface area contributed by atoms with Gasteiger partial charge in [0, 0.05) is 23.8 Å². The molecule has 0 bridgehead atoms. The second kappa shape index (κ2) is 5.50. The van der Waals surface area contributed by atoms with Crippen LogP contribution >= 0.6 is 11.6 Å². The van der Waals surface area contributed by atoms with E-state index in [1.165, 1.54) is 0 Å². The summed E-state index contributed by atoms with van der Waals surface area (Å²) in [5, 5.41) is 0.668. The minimum atomic E-state index is -0.748. The lowest BCUT2D eigenvalue weighted by Crippen LogP contribution is -2.30. The van der Waals surface area contributed by atoms with Crippen LogP contribution in [0.25, 0.3) is 0 Å². The molecule has 84 valence electrons. The van der Waals surface area contributed by atoms with E-state index in [0.717, 1.165) is 5.56 Å². The van der Waals surface area contributed by atoms with Crippen LogP contribution in [0.3, 0.4) is 0 Å². The Bertz CT molecular complexity index is 306. The zero-order chi connectivity index (χ0) is 11.3. The van der Waals surface area contributed by atoms with Crippen molar-refractivity contribution in [3.63, 3.8) is 0 Å². The predicted molar refractivity (Wildman–Crippen MR) is 62.1 cm³/mol. The van der Waals surface area contributed by atoms with Gasteiger partial charge in [-0.2, -0.15) is 0 Å². The van der Waals surface area contributed by atoms with E-state index in [1.54, 1.807) is 0 Å². The van der Waals surface area contributed by atoms with E-state index in [2.05, 4.69) is 0 Å². The molecule has 1 aromatic carbocycles. The Morgan fingerprint density at radius 1 is 1.13 bits per heavy atom. The van der Waals surface area contributed by atoms with Gasteiger partial charge < -0.3 is 9.47 Å². The molecule has 2 nitrogen and oxygen atoms in total. The van der Waals surface area contributed by atoms with Crippen molar-refractivity contribution in [2.75, 3.05) is 13.2 Å². The fraction of sp³-hybridized carbons (Fsp3) is 0.500. The summed E-state index contributed by atoms with van der Waals surface area (Å²) in [5.74, 6) is -0.748. The van der Waals surface area contributed by atoms with Crippen molar-refractivity contribution in [2.24, 2.45) is 0 Å². The molecule has 0 radical (unpaired) electrons. The summed E-state index contributed by atoms with van der Waals surface area (Å²) in [6, 6.07) is 7.59. The van der Waals surface area contributed by atoms with Crippen molar-refractivity contribution in [3.05, 3.63) is 34.9 Å². The van der Waals surface area contributed by atoms with Crippen LogP contribution in [0.15, 0.2) is 24.3 Å². The standard InChI is InChI=1S/C12H17ClO2/c1-4-14-12(3,15-5-2)10-8-6-7-9-11(10)13/h6-9H,4-5H2,1-3H3. The highest BCUT2D eigenvalue weighted by Crippen LogP contribution is 2.32. The Morgan fingerprint density at radius 2 is 1.67 bits per heavy atom. The number of hydrogen-bond acceptors (Lipinski definition) is 2. The van der Waals surface area contributed by atoms with Crippen LogP contribution in [0.4, 0.5) is 0 Å². The Morgan fingerprint density at radius 3 is 2.13 bits per heavy atom. The molecule has 0 atom stereocenters. The zero-order valence-corrected chi connectivity index (χ0v) is 10.2. The highest BCUT2D eigenvalue weighted by Gasteiger charge is 2.29. The summed E-state index contributed by atoms with van der Waals surface area (Å²) < 4.78 is 11.3. The first-order valence-electron chi connectivity index (χ1n) is 5.17. The first-order chi connectivity index (χ1) is 7.14. The molecule has 0 N–H and O–H groups in total. The first kappa shape index (κ1) is 12.5. The predicted octanol–water partition coefficient (Wildman–Crippen LogP) is 3.59. The molecule has 0 aliphatic carbocycles. The first-order valence-corrected chi connectivity index (χ1v) is 5.54. The summed E-state index contributed by atoms with van der Waals surface area (Å²) >= 11 is 6.12. The third kappa shape index (κ3) is 2.94. The van der Waals surface area contributed by atoms with Crippen LogP contribution in [-0.2, 0) is 15.3 Å². The van der Waals surface area contributed by atoms with Crippen LogP contribution in [0.1, 0.15) is 26.3 Å².